The maximum atomic E-state index is 2.38. The molecule has 0 aliphatic carbocycles. The summed E-state index contributed by atoms with van der Waals surface area (Å²) in [6, 6.07) is 0.702. The lowest BCUT2D eigenvalue weighted by Crippen LogP contribution is -3.03. The lowest BCUT2D eigenvalue weighted by molar-refractivity contribution is -0.827. The Bertz CT molecular complexity index is 131. The van der Waals surface area contributed by atoms with Crippen LogP contribution >= 0.6 is 0 Å². The van der Waals surface area contributed by atoms with Gasteiger partial charge in [0.2, 0.25) is 0 Å². The second-order valence-electron chi connectivity index (χ2n) is 3.09. The molecule has 0 bridgehead atoms. The van der Waals surface area contributed by atoms with Crippen LogP contribution in [0.15, 0.2) is 12.4 Å². The third-order valence-corrected chi connectivity index (χ3v) is 2.14. The molecule has 0 fully saturated rings. The van der Waals surface area contributed by atoms with Crippen LogP contribution in [-0.4, -0.2) is 24.7 Å². The van der Waals surface area contributed by atoms with Gasteiger partial charge in [0.1, 0.15) is 6.20 Å². The van der Waals surface area contributed by atoms with Crippen LogP contribution in [0.4, 0.5) is 0 Å². The van der Waals surface area contributed by atoms with E-state index in [2.05, 4.69) is 38.2 Å². The van der Waals surface area contributed by atoms with Gasteiger partial charge in [-0.1, -0.05) is 6.92 Å². The van der Waals surface area contributed by atoms with E-state index in [1.54, 1.807) is 0 Å². The van der Waals surface area contributed by atoms with Crippen LogP contribution in [0, 0.1) is 0 Å². The Hall–Kier alpha value is -0.500. The fraction of sp³-hybridized carbons (Fsp3) is 0.750. The van der Waals surface area contributed by atoms with E-state index in [1.165, 1.54) is 11.3 Å². The summed E-state index contributed by atoms with van der Waals surface area (Å²) in [4.78, 5) is 3.86. The molecule has 0 saturated heterocycles. The third kappa shape index (κ3) is 1.51. The number of hydrogen-bond donors (Lipinski definition) is 1. The van der Waals surface area contributed by atoms with Crippen LogP contribution in [0.25, 0.3) is 0 Å². The Kier molecular flexibility index (Phi) is 2.33. The smallest absolute Gasteiger partial charge is 0.157 e. The van der Waals surface area contributed by atoms with Gasteiger partial charge in [0.15, 0.2) is 6.67 Å². The predicted octanol–water partition coefficient (Wildman–Crippen LogP) is 0.0439. The Balaban J connectivity index is 2.38. The van der Waals surface area contributed by atoms with Crippen LogP contribution in [0.2, 0.25) is 0 Å². The zero-order valence-corrected chi connectivity index (χ0v) is 7.09. The lowest BCUT2D eigenvalue weighted by atomic mass is 10.2. The van der Waals surface area contributed by atoms with E-state index in [1.807, 2.05) is 0 Å². The van der Waals surface area contributed by atoms with Crippen LogP contribution in [-0.2, 0) is 0 Å². The molecule has 0 aromatic rings. The number of rotatable bonds is 2. The molecule has 1 aliphatic rings. The summed E-state index contributed by atoms with van der Waals surface area (Å²) in [6.07, 6.45) is 5.63. The summed E-state index contributed by atoms with van der Waals surface area (Å²) < 4.78 is 0. The highest BCUT2D eigenvalue weighted by molar-refractivity contribution is 4.80. The molecule has 2 nitrogen and oxygen atoms in total. The molecule has 0 radical (unpaired) electrons. The summed E-state index contributed by atoms with van der Waals surface area (Å²) >= 11 is 0. The topological polar surface area (TPSA) is 7.68 Å². The van der Waals surface area contributed by atoms with Crippen molar-refractivity contribution in [2.45, 2.75) is 26.3 Å². The van der Waals surface area contributed by atoms with Crippen molar-refractivity contribution in [3.8, 4) is 0 Å². The van der Waals surface area contributed by atoms with Gasteiger partial charge in [0, 0.05) is 6.04 Å². The van der Waals surface area contributed by atoms with E-state index < -0.39 is 0 Å². The summed E-state index contributed by atoms with van der Waals surface area (Å²) in [5.41, 5.74) is 0. The highest BCUT2D eigenvalue weighted by atomic mass is 15.3. The third-order valence-electron chi connectivity index (χ3n) is 2.14. The largest absolute Gasteiger partial charge is 0.323 e. The van der Waals surface area contributed by atoms with Crippen molar-refractivity contribution in [3.63, 3.8) is 0 Å². The molecule has 0 amide bonds. The van der Waals surface area contributed by atoms with Gasteiger partial charge in [-0.2, -0.15) is 0 Å². The van der Waals surface area contributed by atoms with E-state index in [9.17, 15) is 0 Å². The normalized spacial score (nSPS) is 27.5. The van der Waals surface area contributed by atoms with Gasteiger partial charge in [-0.15, -0.1) is 0 Å². The summed E-state index contributed by atoms with van der Waals surface area (Å²) in [5, 5.41) is 0. The monoisotopic (exact) mass is 141 g/mol. The van der Waals surface area contributed by atoms with Gasteiger partial charge in [0.25, 0.3) is 0 Å². The van der Waals surface area contributed by atoms with Crippen LogP contribution < -0.4 is 4.90 Å². The number of quaternary nitrogens is 1. The first kappa shape index (κ1) is 7.61. The van der Waals surface area contributed by atoms with Crippen molar-refractivity contribution < 1.29 is 4.90 Å². The van der Waals surface area contributed by atoms with E-state index in [4.69, 9.17) is 0 Å². The molecule has 1 N–H and O–H groups in total. The number of nitrogens with zero attached hydrogens (tertiary/aromatic N) is 1. The molecule has 0 saturated carbocycles. The fourth-order valence-corrected chi connectivity index (χ4v) is 1.15. The standard InChI is InChI=1S/C8H16N2/c1-4-8(2)10-6-5-9(3)7-10/h5-6,8H,4,7H2,1-3H3/p+1. The van der Waals surface area contributed by atoms with E-state index in [0.717, 1.165) is 6.67 Å². The summed E-state index contributed by atoms with van der Waals surface area (Å²) in [6.45, 7) is 5.63. The zero-order valence-electron chi connectivity index (χ0n) is 7.09. The molecule has 2 atom stereocenters. The van der Waals surface area contributed by atoms with Crippen LogP contribution in [0.5, 0.6) is 0 Å². The number of hydrogen-bond acceptors (Lipinski definition) is 1. The lowest BCUT2D eigenvalue weighted by Gasteiger charge is -2.21. The average molecular weight is 141 g/mol. The first-order chi connectivity index (χ1) is 4.74. The van der Waals surface area contributed by atoms with Gasteiger partial charge in [-0.3, -0.25) is 4.90 Å². The molecule has 1 rings (SSSR count). The molecular weight excluding hydrogens is 124 g/mol. The Morgan fingerprint density at radius 3 is 2.80 bits per heavy atom. The SMILES string of the molecule is CCC(C)N1C=C[NH+](C)C1. The molecule has 0 aromatic carbocycles. The second kappa shape index (κ2) is 3.06. The molecule has 2 heteroatoms. The maximum Gasteiger partial charge on any atom is 0.157 e. The molecule has 1 aliphatic heterocycles. The molecule has 10 heavy (non-hydrogen) atoms. The first-order valence-electron chi connectivity index (χ1n) is 4.00. The minimum atomic E-state index is 0.702. The Labute approximate surface area is 63.1 Å². The van der Waals surface area contributed by atoms with E-state index in [-0.39, 0.29) is 0 Å². The summed E-state index contributed by atoms with van der Waals surface area (Å²) in [5.74, 6) is 0. The molecule has 0 spiro atoms. The van der Waals surface area contributed by atoms with Gasteiger partial charge in [0.05, 0.1) is 13.2 Å². The quantitative estimate of drug-likeness (QED) is 0.570. The van der Waals surface area contributed by atoms with Gasteiger partial charge in [-0.05, 0) is 13.3 Å². The highest BCUT2D eigenvalue weighted by Gasteiger charge is 2.16. The predicted molar refractivity (Wildman–Crippen MR) is 42.5 cm³/mol. The summed E-state index contributed by atoms with van der Waals surface area (Å²) in [7, 11) is 2.18. The van der Waals surface area contributed by atoms with Gasteiger partial charge >= 0.3 is 0 Å². The first-order valence-corrected chi connectivity index (χ1v) is 4.00. The highest BCUT2D eigenvalue weighted by Crippen LogP contribution is 2.02. The molecular formula is C8H17N2+. The fourth-order valence-electron chi connectivity index (χ4n) is 1.15. The van der Waals surface area contributed by atoms with Gasteiger partial charge < -0.3 is 4.90 Å². The molecule has 2 unspecified atom stereocenters. The number of nitrogens with one attached hydrogen (secondary N) is 1. The maximum absolute atomic E-state index is 2.38. The van der Waals surface area contributed by atoms with Crippen molar-refractivity contribution in [2.24, 2.45) is 0 Å². The Morgan fingerprint density at radius 1 is 1.70 bits per heavy atom. The van der Waals surface area contributed by atoms with Gasteiger partial charge in [-0.25, -0.2) is 0 Å². The van der Waals surface area contributed by atoms with Crippen molar-refractivity contribution in [1.29, 1.82) is 0 Å². The Morgan fingerprint density at radius 2 is 2.40 bits per heavy atom. The van der Waals surface area contributed by atoms with E-state index in [0.29, 0.717) is 6.04 Å². The minimum absolute atomic E-state index is 0.702. The van der Waals surface area contributed by atoms with E-state index >= 15 is 0 Å². The molecule has 1 heterocycles. The molecule has 0 aromatic heterocycles. The van der Waals surface area contributed by atoms with Crippen molar-refractivity contribution in [3.05, 3.63) is 12.4 Å². The van der Waals surface area contributed by atoms with Crippen LogP contribution in [0.1, 0.15) is 20.3 Å². The van der Waals surface area contributed by atoms with Crippen molar-refractivity contribution in [2.75, 3.05) is 13.7 Å². The average Bonchev–Trinajstić information content (AvgIpc) is 2.34. The second-order valence-corrected chi connectivity index (χ2v) is 3.09. The van der Waals surface area contributed by atoms with Crippen molar-refractivity contribution >= 4 is 0 Å². The minimum Gasteiger partial charge on any atom is -0.323 e. The van der Waals surface area contributed by atoms with Crippen molar-refractivity contribution in [1.82, 2.24) is 4.90 Å². The van der Waals surface area contributed by atoms with Crippen LogP contribution in [0.3, 0.4) is 0 Å². The zero-order chi connectivity index (χ0) is 7.56. The molecule has 58 valence electrons.